The minimum atomic E-state index is 0.609. The van der Waals surface area contributed by atoms with Crippen LogP contribution in [-0.2, 0) is 0 Å². The average molecular weight is 183 g/mol. The summed E-state index contributed by atoms with van der Waals surface area (Å²) in [7, 11) is 0. The van der Waals surface area contributed by atoms with E-state index in [4.69, 9.17) is 11.6 Å². The van der Waals surface area contributed by atoms with Crippen LogP contribution in [0.25, 0.3) is 0 Å². The van der Waals surface area contributed by atoms with Crippen LogP contribution in [0.1, 0.15) is 18.4 Å². The molecule has 0 unspecified atom stereocenters. The van der Waals surface area contributed by atoms with Gasteiger partial charge >= 0.3 is 0 Å². The quantitative estimate of drug-likeness (QED) is 0.761. The number of aromatic nitrogens is 1. The van der Waals surface area contributed by atoms with Gasteiger partial charge in [-0.15, -0.1) is 0 Å². The van der Waals surface area contributed by atoms with Crippen molar-refractivity contribution >= 4 is 17.4 Å². The Balaban J connectivity index is 2.18. The van der Waals surface area contributed by atoms with E-state index >= 15 is 0 Å². The lowest BCUT2D eigenvalue weighted by atomic mass is 10.3. The molecule has 1 heterocycles. The van der Waals surface area contributed by atoms with E-state index in [-0.39, 0.29) is 0 Å². The van der Waals surface area contributed by atoms with E-state index in [1.54, 1.807) is 0 Å². The highest BCUT2D eigenvalue weighted by Crippen LogP contribution is 2.27. The fraction of sp³-hybridized carbons (Fsp3) is 0.444. The highest BCUT2D eigenvalue weighted by molar-refractivity contribution is 6.32. The zero-order chi connectivity index (χ0) is 8.55. The normalized spacial score (nSPS) is 16.2. The molecule has 0 bridgehead atoms. The van der Waals surface area contributed by atoms with Crippen molar-refractivity contribution < 1.29 is 0 Å². The third-order valence-electron chi connectivity index (χ3n) is 1.90. The first-order chi connectivity index (χ1) is 5.75. The van der Waals surface area contributed by atoms with Crippen molar-refractivity contribution in [3.05, 3.63) is 22.8 Å². The van der Waals surface area contributed by atoms with Crippen LogP contribution in [0.4, 0.5) is 5.82 Å². The zero-order valence-corrected chi connectivity index (χ0v) is 7.73. The molecule has 0 aliphatic heterocycles. The molecule has 1 N–H and O–H groups in total. The van der Waals surface area contributed by atoms with Crippen molar-refractivity contribution in [2.75, 3.05) is 5.32 Å². The Bertz CT molecular complexity index is 295. The molecule has 2 rings (SSSR count). The number of anilines is 1. The number of rotatable bonds is 2. The van der Waals surface area contributed by atoms with Crippen LogP contribution in [0.3, 0.4) is 0 Å². The summed E-state index contributed by atoms with van der Waals surface area (Å²) in [6.45, 7) is 1.99. The summed E-state index contributed by atoms with van der Waals surface area (Å²) < 4.78 is 0. The molecule has 2 nitrogen and oxygen atoms in total. The van der Waals surface area contributed by atoms with Gasteiger partial charge in [0, 0.05) is 12.2 Å². The molecule has 64 valence electrons. The predicted molar refractivity (Wildman–Crippen MR) is 50.6 cm³/mol. The molecular weight excluding hydrogens is 172 g/mol. The molecule has 3 heteroatoms. The summed E-state index contributed by atoms with van der Waals surface area (Å²) in [5.74, 6) is 0.824. The number of halogens is 1. The van der Waals surface area contributed by atoms with E-state index in [0.29, 0.717) is 6.04 Å². The molecule has 0 amide bonds. The Morgan fingerprint density at radius 2 is 2.33 bits per heavy atom. The first kappa shape index (κ1) is 7.87. The van der Waals surface area contributed by atoms with E-state index in [2.05, 4.69) is 10.3 Å². The molecule has 0 spiro atoms. The Labute approximate surface area is 77.0 Å². The van der Waals surface area contributed by atoms with Crippen LogP contribution in [0.15, 0.2) is 12.3 Å². The lowest BCUT2D eigenvalue weighted by Gasteiger charge is -2.05. The lowest BCUT2D eigenvalue weighted by Crippen LogP contribution is -2.03. The minimum Gasteiger partial charge on any atom is -0.366 e. The maximum atomic E-state index is 5.98. The maximum Gasteiger partial charge on any atom is 0.144 e. The van der Waals surface area contributed by atoms with E-state index < -0.39 is 0 Å². The van der Waals surface area contributed by atoms with Crippen molar-refractivity contribution in [1.29, 1.82) is 0 Å². The van der Waals surface area contributed by atoms with E-state index in [0.717, 1.165) is 16.4 Å². The number of hydrogen-bond donors (Lipinski definition) is 1. The summed E-state index contributed by atoms with van der Waals surface area (Å²) in [5, 5.41) is 3.99. The highest BCUT2D eigenvalue weighted by Gasteiger charge is 2.22. The van der Waals surface area contributed by atoms with E-state index in [9.17, 15) is 0 Å². The Morgan fingerprint density at radius 3 is 2.92 bits per heavy atom. The van der Waals surface area contributed by atoms with Gasteiger partial charge in [0.15, 0.2) is 0 Å². The van der Waals surface area contributed by atoms with Crippen molar-refractivity contribution in [1.82, 2.24) is 4.98 Å². The molecule has 1 saturated carbocycles. The van der Waals surface area contributed by atoms with Crippen molar-refractivity contribution in [2.24, 2.45) is 0 Å². The van der Waals surface area contributed by atoms with Gasteiger partial charge < -0.3 is 5.32 Å². The van der Waals surface area contributed by atoms with E-state index in [1.165, 1.54) is 12.8 Å². The maximum absolute atomic E-state index is 5.98. The number of pyridine rings is 1. The molecule has 1 aliphatic carbocycles. The SMILES string of the molecule is Cc1cnc(NC2CC2)c(Cl)c1. The Morgan fingerprint density at radius 1 is 1.58 bits per heavy atom. The van der Waals surface area contributed by atoms with Crippen LogP contribution >= 0.6 is 11.6 Å². The van der Waals surface area contributed by atoms with Crippen LogP contribution < -0.4 is 5.32 Å². The fourth-order valence-electron chi connectivity index (χ4n) is 1.06. The van der Waals surface area contributed by atoms with E-state index in [1.807, 2.05) is 19.2 Å². The van der Waals surface area contributed by atoms with Gasteiger partial charge in [-0.25, -0.2) is 4.98 Å². The third kappa shape index (κ3) is 1.69. The third-order valence-corrected chi connectivity index (χ3v) is 2.18. The molecule has 1 fully saturated rings. The first-order valence-corrected chi connectivity index (χ1v) is 4.52. The van der Waals surface area contributed by atoms with Crippen LogP contribution in [0, 0.1) is 6.92 Å². The van der Waals surface area contributed by atoms with Gasteiger partial charge in [-0.05, 0) is 31.4 Å². The van der Waals surface area contributed by atoms with Gasteiger partial charge in [0.1, 0.15) is 5.82 Å². The second kappa shape index (κ2) is 2.94. The lowest BCUT2D eigenvalue weighted by molar-refractivity contribution is 1.11. The summed E-state index contributed by atoms with van der Waals surface area (Å²) >= 11 is 5.98. The summed E-state index contributed by atoms with van der Waals surface area (Å²) in [6.07, 6.45) is 4.31. The average Bonchev–Trinajstić information content (AvgIpc) is 2.79. The smallest absolute Gasteiger partial charge is 0.144 e. The van der Waals surface area contributed by atoms with Crippen molar-refractivity contribution in [3.8, 4) is 0 Å². The number of nitrogens with one attached hydrogen (secondary N) is 1. The molecular formula is C9H11ClN2. The topological polar surface area (TPSA) is 24.9 Å². The summed E-state index contributed by atoms with van der Waals surface area (Å²) in [4.78, 5) is 4.21. The second-order valence-electron chi connectivity index (χ2n) is 3.26. The van der Waals surface area contributed by atoms with Crippen molar-refractivity contribution in [3.63, 3.8) is 0 Å². The molecule has 1 aromatic rings. The number of aryl methyl sites for hydroxylation is 1. The van der Waals surface area contributed by atoms with Gasteiger partial charge in [-0.2, -0.15) is 0 Å². The summed E-state index contributed by atoms with van der Waals surface area (Å²) in [6, 6.07) is 2.54. The zero-order valence-electron chi connectivity index (χ0n) is 6.97. The van der Waals surface area contributed by atoms with Gasteiger partial charge in [-0.3, -0.25) is 0 Å². The number of nitrogens with zero attached hydrogens (tertiary/aromatic N) is 1. The molecule has 1 aromatic heterocycles. The molecule has 0 radical (unpaired) electrons. The molecule has 1 aliphatic rings. The summed E-state index contributed by atoms with van der Waals surface area (Å²) in [5.41, 5.74) is 1.10. The number of hydrogen-bond acceptors (Lipinski definition) is 2. The largest absolute Gasteiger partial charge is 0.366 e. The van der Waals surface area contributed by atoms with Gasteiger partial charge in [-0.1, -0.05) is 11.6 Å². The molecule has 0 aromatic carbocycles. The van der Waals surface area contributed by atoms with Crippen LogP contribution in [0.5, 0.6) is 0 Å². The Kier molecular flexibility index (Phi) is 1.93. The fourth-order valence-corrected chi connectivity index (χ4v) is 1.34. The van der Waals surface area contributed by atoms with Crippen LogP contribution in [-0.4, -0.2) is 11.0 Å². The van der Waals surface area contributed by atoms with Crippen LogP contribution in [0.2, 0.25) is 5.02 Å². The standard InChI is InChI=1S/C9H11ClN2/c1-6-4-8(10)9(11-5-6)12-7-2-3-7/h4-5,7H,2-3H2,1H3,(H,11,12). The second-order valence-corrected chi connectivity index (χ2v) is 3.67. The monoisotopic (exact) mass is 182 g/mol. The molecule has 0 saturated heterocycles. The predicted octanol–water partition coefficient (Wildman–Crippen LogP) is 2.62. The first-order valence-electron chi connectivity index (χ1n) is 4.14. The molecule has 12 heavy (non-hydrogen) atoms. The minimum absolute atomic E-state index is 0.609. The molecule has 0 atom stereocenters. The van der Waals surface area contributed by atoms with Crippen molar-refractivity contribution in [2.45, 2.75) is 25.8 Å². The Hall–Kier alpha value is -0.760. The van der Waals surface area contributed by atoms with Gasteiger partial charge in [0.2, 0.25) is 0 Å². The highest BCUT2D eigenvalue weighted by atomic mass is 35.5. The van der Waals surface area contributed by atoms with Gasteiger partial charge in [0.25, 0.3) is 0 Å². The van der Waals surface area contributed by atoms with Gasteiger partial charge in [0.05, 0.1) is 5.02 Å².